The number of phenolic OH excluding ortho intramolecular Hbond substituents is 1. The lowest BCUT2D eigenvalue weighted by atomic mass is 9.74. The maximum atomic E-state index is 10.2. The number of hydrogen-bond acceptors (Lipinski definition) is 3. The highest BCUT2D eigenvalue weighted by Gasteiger charge is 2.43. The van der Waals surface area contributed by atoms with Crippen LogP contribution in [0.25, 0.3) is 10.8 Å². The molecular weight excluding hydrogens is 264 g/mol. The monoisotopic (exact) mass is 284 g/mol. The predicted octanol–water partition coefficient (Wildman–Crippen LogP) is 4.03. The van der Waals surface area contributed by atoms with Gasteiger partial charge in [0.05, 0.1) is 12.2 Å². The molecule has 1 aliphatic heterocycles. The summed E-state index contributed by atoms with van der Waals surface area (Å²) < 4.78 is 12.0. The van der Waals surface area contributed by atoms with Crippen molar-refractivity contribution in [1.82, 2.24) is 0 Å². The number of aromatic hydroxyl groups is 1. The average Bonchev–Trinajstić information content (AvgIpc) is 2.47. The number of benzene rings is 2. The quantitative estimate of drug-likeness (QED) is 0.905. The molecule has 0 bridgehead atoms. The SMILES string of the molecule is Oc1cc2ccccc2cc1OC1CCOC2(CCC2)C1. The molecule has 110 valence electrons. The molecule has 2 aromatic rings. The zero-order chi connectivity index (χ0) is 14.3. The third-order valence-electron chi connectivity index (χ3n) is 4.83. The van der Waals surface area contributed by atoms with E-state index >= 15 is 0 Å². The molecule has 1 N–H and O–H groups in total. The van der Waals surface area contributed by atoms with Gasteiger partial charge in [0, 0.05) is 12.8 Å². The zero-order valence-corrected chi connectivity index (χ0v) is 12.0. The number of phenols is 1. The molecule has 1 saturated heterocycles. The second-order valence-corrected chi connectivity index (χ2v) is 6.28. The third-order valence-corrected chi connectivity index (χ3v) is 4.83. The Morgan fingerprint density at radius 1 is 1.14 bits per heavy atom. The highest BCUT2D eigenvalue weighted by molar-refractivity contribution is 5.85. The fourth-order valence-corrected chi connectivity index (χ4v) is 3.48. The van der Waals surface area contributed by atoms with Crippen molar-refractivity contribution in [2.24, 2.45) is 0 Å². The van der Waals surface area contributed by atoms with Gasteiger partial charge >= 0.3 is 0 Å². The summed E-state index contributed by atoms with van der Waals surface area (Å²) in [5.41, 5.74) is 0.0649. The van der Waals surface area contributed by atoms with E-state index < -0.39 is 0 Å². The van der Waals surface area contributed by atoms with Crippen molar-refractivity contribution in [3.05, 3.63) is 36.4 Å². The second-order valence-electron chi connectivity index (χ2n) is 6.28. The van der Waals surface area contributed by atoms with Gasteiger partial charge in [0.25, 0.3) is 0 Å². The Morgan fingerprint density at radius 3 is 2.62 bits per heavy atom. The van der Waals surface area contributed by atoms with Crippen molar-refractivity contribution in [2.45, 2.75) is 43.8 Å². The van der Waals surface area contributed by atoms with E-state index in [2.05, 4.69) is 0 Å². The van der Waals surface area contributed by atoms with Crippen LogP contribution in [0, 0.1) is 0 Å². The van der Waals surface area contributed by atoms with Crippen molar-refractivity contribution in [3.8, 4) is 11.5 Å². The number of fused-ring (bicyclic) bond motifs is 1. The highest BCUT2D eigenvalue weighted by Crippen LogP contribution is 2.44. The van der Waals surface area contributed by atoms with Gasteiger partial charge in [-0.3, -0.25) is 0 Å². The summed E-state index contributed by atoms with van der Waals surface area (Å²) in [5.74, 6) is 0.818. The summed E-state index contributed by atoms with van der Waals surface area (Å²) in [7, 11) is 0. The van der Waals surface area contributed by atoms with E-state index in [9.17, 15) is 5.11 Å². The van der Waals surface area contributed by atoms with Crippen LogP contribution in [0.3, 0.4) is 0 Å². The van der Waals surface area contributed by atoms with Gasteiger partial charge in [-0.1, -0.05) is 24.3 Å². The van der Waals surface area contributed by atoms with Gasteiger partial charge in [0.15, 0.2) is 11.5 Å². The van der Waals surface area contributed by atoms with Gasteiger partial charge in [-0.15, -0.1) is 0 Å². The molecule has 2 aliphatic rings. The lowest BCUT2D eigenvalue weighted by molar-refractivity contribution is -0.153. The summed E-state index contributed by atoms with van der Waals surface area (Å²) in [6.45, 7) is 0.763. The zero-order valence-electron chi connectivity index (χ0n) is 12.0. The Labute approximate surface area is 124 Å². The van der Waals surface area contributed by atoms with Crippen LogP contribution < -0.4 is 4.74 Å². The van der Waals surface area contributed by atoms with Crippen LogP contribution in [0.15, 0.2) is 36.4 Å². The molecule has 0 amide bonds. The van der Waals surface area contributed by atoms with Crippen LogP contribution in [-0.2, 0) is 4.74 Å². The predicted molar refractivity (Wildman–Crippen MR) is 81.8 cm³/mol. The highest BCUT2D eigenvalue weighted by atomic mass is 16.5. The lowest BCUT2D eigenvalue weighted by Gasteiger charge is -2.46. The first-order valence-electron chi connectivity index (χ1n) is 7.77. The molecule has 1 spiro atoms. The first kappa shape index (κ1) is 13.0. The average molecular weight is 284 g/mol. The molecule has 1 unspecified atom stereocenters. The van der Waals surface area contributed by atoms with Gasteiger partial charge in [-0.05, 0) is 42.2 Å². The molecule has 3 nitrogen and oxygen atoms in total. The maximum Gasteiger partial charge on any atom is 0.161 e. The fourth-order valence-electron chi connectivity index (χ4n) is 3.48. The first-order chi connectivity index (χ1) is 10.2. The fraction of sp³-hybridized carbons (Fsp3) is 0.444. The maximum absolute atomic E-state index is 10.2. The molecule has 2 fully saturated rings. The smallest absolute Gasteiger partial charge is 0.161 e. The third kappa shape index (κ3) is 2.36. The van der Waals surface area contributed by atoms with Gasteiger partial charge in [-0.2, -0.15) is 0 Å². The lowest BCUT2D eigenvalue weighted by Crippen LogP contribution is -2.48. The molecule has 1 saturated carbocycles. The minimum absolute atomic E-state index is 0.0649. The molecule has 0 aromatic heterocycles. The number of ether oxygens (including phenoxy) is 2. The molecular formula is C18H20O3. The van der Waals surface area contributed by atoms with E-state index in [1.54, 1.807) is 6.07 Å². The standard InChI is InChI=1S/C18H20O3/c19-16-10-13-4-1-2-5-14(13)11-17(16)21-15-6-9-20-18(12-15)7-3-8-18/h1-2,4-5,10-11,15,19H,3,6-9,12H2. The topological polar surface area (TPSA) is 38.7 Å². The summed E-state index contributed by atoms with van der Waals surface area (Å²) in [6, 6.07) is 11.7. The molecule has 21 heavy (non-hydrogen) atoms. The van der Waals surface area contributed by atoms with Gasteiger partial charge in [-0.25, -0.2) is 0 Å². The van der Waals surface area contributed by atoms with Crippen molar-refractivity contribution < 1.29 is 14.6 Å². The van der Waals surface area contributed by atoms with Crippen molar-refractivity contribution in [3.63, 3.8) is 0 Å². The summed E-state index contributed by atoms with van der Waals surface area (Å²) in [4.78, 5) is 0. The van der Waals surface area contributed by atoms with E-state index in [1.807, 2.05) is 30.3 Å². The Kier molecular flexibility index (Phi) is 3.03. The van der Waals surface area contributed by atoms with Crippen LogP contribution in [0.1, 0.15) is 32.1 Å². The van der Waals surface area contributed by atoms with Crippen molar-refractivity contribution >= 4 is 10.8 Å². The molecule has 0 radical (unpaired) electrons. The summed E-state index contributed by atoms with van der Waals surface area (Å²) >= 11 is 0. The van der Waals surface area contributed by atoms with Gasteiger partial charge in [0.2, 0.25) is 0 Å². The Balaban J connectivity index is 1.57. The molecule has 3 heteroatoms. The molecule has 1 heterocycles. The summed E-state index contributed by atoms with van der Waals surface area (Å²) in [5, 5.41) is 12.3. The normalized spacial score (nSPS) is 23.9. The number of rotatable bonds is 2. The minimum atomic E-state index is 0.0649. The Morgan fingerprint density at radius 2 is 1.90 bits per heavy atom. The van der Waals surface area contributed by atoms with Crippen LogP contribution >= 0.6 is 0 Å². The largest absolute Gasteiger partial charge is 0.504 e. The first-order valence-corrected chi connectivity index (χ1v) is 7.77. The van der Waals surface area contributed by atoms with E-state index in [4.69, 9.17) is 9.47 Å². The van der Waals surface area contributed by atoms with E-state index in [1.165, 1.54) is 6.42 Å². The van der Waals surface area contributed by atoms with Crippen molar-refractivity contribution in [2.75, 3.05) is 6.61 Å². The molecule has 4 rings (SSSR count). The van der Waals surface area contributed by atoms with E-state index in [-0.39, 0.29) is 17.5 Å². The minimum Gasteiger partial charge on any atom is -0.504 e. The Bertz CT molecular complexity index is 661. The van der Waals surface area contributed by atoms with Gasteiger partial charge < -0.3 is 14.6 Å². The van der Waals surface area contributed by atoms with Crippen LogP contribution in [0.5, 0.6) is 11.5 Å². The molecule has 1 atom stereocenters. The van der Waals surface area contributed by atoms with Gasteiger partial charge in [0.1, 0.15) is 6.10 Å². The van der Waals surface area contributed by atoms with Crippen LogP contribution in [0.4, 0.5) is 0 Å². The van der Waals surface area contributed by atoms with E-state index in [0.29, 0.717) is 5.75 Å². The molecule has 1 aliphatic carbocycles. The van der Waals surface area contributed by atoms with Crippen LogP contribution in [-0.4, -0.2) is 23.4 Å². The summed E-state index contributed by atoms with van der Waals surface area (Å²) in [6.07, 6.45) is 5.54. The Hall–Kier alpha value is -1.74. The number of hydrogen-bond donors (Lipinski definition) is 1. The molecule has 2 aromatic carbocycles. The second kappa shape index (κ2) is 4.92. The van der Waals surface area contributed by atoms with E-state index in [0.717, 1.165) is 43.1 Å². The van der Waals surface area contributed by atoms with Crippen LogP contribution in [0.2, 0.25) is 0 Å². The van der Waals surface area contributed by atoms with Crippen molar-refractivity contribution in [1.29, 1.82) is 0 Å².